The summed E-state index contributed by atoms with van der Waals surface area (Å²) in [4.78, 5) is 87.5. The van der Waals surface area contributed by atoms with Gasteiger partial charge in [-0.05, 0) is 36.1 Å². The molecule has 2 aromatic rings. The van der Waals surface area contributed by atoms with Gasteiger partial charge in [0, 0.05) is 26.2 Å². The lowest BCUT2D eigenvalue weighted by molar-refractivity contribution is -0.139. The van der Waals surface area contributed by atoms with E-state index in [1.807, 2.05) is 27.7 Å². The highest BCUT2D eigenvalue weighted by atomic mass is 16.5. The topological polar surface area (TPSA) is 143 Å². The van der Waals surface area contributed by atoms with Crippen LogP contribution in [0.25, 0.3) is 0 Å². The van der Waals surface area contributed by atoms with E-state index in [9.17, 15) is 28.8 Å². The van der Waals surface area contributed by atoms with Crippen LogP contribution in [0.5, 0.6) is 0 Å². The van der Waals surface area contributed by atoms with Crippen LogP contribution in [0.1, 0.15) is 82.0 Å². The van der Waals surface area contributed by atoms with Gasteiger partial charge in [0.2, 0.25) is 11.8 Å². The number of imide groups is 2. The van der Waals surface area contributed by atoms with Crippen molar-refractivity contribution in [3.8, 4) is 0 Å². The molecule has 1 fully saturated rings. The van der Waals surface area contributed by atoms with Gasteiger partial charge in [-0.1, -0.05) is 64.8 Å². The van der Waals surface area contributed by atoms with E-state index in [0.29, 0.717) is 12.8 Å². The van der Waals surface area contributed by atoms with Gasteiger partial charge >= 0.3 is 0 Å². The van der Waals surface area contributed by atoms with Crippen molar-refractivity contribution in [3.63, 3.8) is 0 Å². The van der Waals surface area contributed by atoms with Crippen molar-refractivity contribution in [1.29, 1.82) is 0 Å². The summed E-state index contributed by atoms with van der Waals surface area (Å²) in [7, 11) is 0. The Morgan fingerprint density at radius 3 is 1.08 bits per heavy atom. The Hall–Kier alpha value is -4.46. The normalized spacial score (nSPS) is 20.3. The lowest BCUT2D eigenvalue weighted by Crippen LogP contribution is -2.55. The van der Waals surface area contributed by atoms with Crippen LogP contribution in [0, 0.1) is 11.8 Å². The van der Waals surface area contributed by atoms with Crippen LogP contribution in [0.2, 0.25) is 0 Å². The average molecular weight is 705 g/mol. The molecule has 0 spiro atoms. The van der Waals surface area contributed by atoms with E-state index in [1.165, 1.54) is 0 Å². The average Bonchev–Trinajstić information content (AvgIpc) is 3.53. The molecule has 3 aliphatic rings. The molecule has 1 saturated heterocycles. The molecule has 0 radical (unpaired) electrons. The van der Waals surface area contributed by atoms with Crippen molar-refractivity contribution in [2.45, 2.75) is 52.6 Å². The van der Waals surface area contributed by atoms with Crippen molar-refractivity contribution < 1.29 is 43.0 Å². The zero-order valence-corrected chi connectivity index (χ0v) is 29.9. The van der Waals surface area contributed by atoms with Crippen LogP contribution in [0.3, 0.4) is 0 Å². The number of hydrogen-bond acceptors (Lipinski definition) is 9. The second-order valence-corrected chi connectivity index (χ2v) is 13.2. The summed E-state index contributed by atoms with van der Waals surface area (Å²) in [6.07, 6.45) is 1.12. The molecule has 274 valence electrons. The van der Waals surface area contributed by atoms with Crippen molar-refractivity contribution in [1.82, 2.24) is 19.6 Å². The fourth-order valence-corrected chi connectivity index (χ4v) is 6.75. The second-order valence-electron chi connectivity index (χ2n) is 13.2. The number of hydrogen-bond donors (Lipinski definition) is 0. The van der Waals surface area contributed by atoms with Gasteiger partial charge in [0.25, 0.3) is 23.6 Å². The summed E-state index contributed by atoms with van der Waals surface area (Å²) in [6.45, 7) is 9.38. The fourth-order valence-electron chi connectivity index (χ4n) is 6.75. The van der Waals surface area contributed by atoms with Crippen LogP contribution in [-0.4, -0.2) is 133 Å². The van der Waals surface area contributed by atoms with E-state index in [2.05, 4.69) is 0 Å². The van der Waals surface area contributed by atoms with Gasteiger partial charge in [0.1, 0.15) is 12.1 Å². The first-order chi connectivity index (χ1) is 24.6. The maximum atomic E-state index is 14.2. The molecular formula is C38H48N4O9. The number of carbonyl (C=O) groups excluding carboxylic acids is 6. The van der Waals surface area contributed by atoms with Crippen LogP contribution in [-0.2, 0) is 23.8 Å². The first-order valence-corrected chi connectivity index (χ1v) is 17.9. The Morgan fingerprint density at radius 2 is 0.804 bits per heavy atom. The smallest absolute Gasteiger partial charge is 0.262 e. The van der Waals surface area contributed by atoms with Crippen LogP contribution in [0.4, 0.5) is 0 Å². The molecule has 5 rings (SSSR count). The molecular weight excluding hydrogens is 656 g/mol. The van der Waals surface area contributed by atoms with Gasteiger partial charge in [0.15, 0.2) is 0 Å². The Bertz CT molecular complexity index is 1440. The summed E-state index contributed by atoms with van der Waals surface area (Å²) < 4.78 is 17.5. The number of ether oxygens (including phenoxy) is 3. The third kappa shape index (κ3) is 7.90. The van der Waals surface area contributed by atoms with Gasteiger partial charge in [-0.3, -0.25) is 38.6 Å². The van der Waals surface area contributed by atoms with E-state index in [-0.39, 0.29) is 112 Å². The summed E-state index contributed by atoms with van der Waals surface area (Å²) in [6, 6.07) is 11.1. The molecule has 3 aliphatic heterocycles. The zero-order chi connectivity index (χ0) is 36.7. The molecule has 0 aliphatic carbocycles. The summed E-state index contributed by atoms with van der Waals surface area (Å²) in [5, 5.41) is 0. The standard InChI is InChI=1S/C38H48N4O9/c1-5-25(3)31(41-33(43)27-11-7-8-12-28(27)34(41)44)37(47)39-15-19-49-20-16-40(18-22-51-24-23-50-21-17-39)38(48)32(26(4)6-2)42-35(45)29-13-9-10-14-30(29)36(42)46/h7-14,25-26,31-32H,5-6,15-24H2,1-4H3/t25-,26+,31-,32-/m1/s1. The fraction of sp³-hybridized carbons (Fsp3) is 0.526. The maximum Gasteiger partial charge on any atom is 0.262 e. The van der Waals surface area contributed by atoms with Crippen LogP contribution >= 0.6 is 0 Å². The van der Waals surface area contributed by atoms with Gasteiger partial charge in [-0.25, -0.2) is 0 Å². The molecule has 0 unspecified atom stereocenters. The molecule has 3 heterocycles. The van der Waals surface area contributed by atoms with E-state index in [4.69, 9.17) is 14.2 Å². The SMILES string of the molecule is CC[C@@H](C)[C@H](C(=O)N1CCOCCOCCN(C(=O)[C@@H]([C@@H](C)CC)N2C(=O)c3ccccc3C2=O)CCOCC1)N1C(=O)c2ccccc2C1=O. The highest BCUT2D eigenvalue weighted by Gasteiger charge is 2.47. The Balaban J connectivity index is 1.30. The molecule has 0 bridgehead atoms. The molecule has 13 nitrogen and oxygen atoms in total. The summed E-state index contributed by atoms with van der Waals surface area (Å²) >= 11 is 0. The minimum absolute atomic E-state index is 0.118. The predicted octanol–water partition coefficient (Wildman–Crippen LogP) is 3.13. The minimum atomic E-state index is -1.01. The number of benzene rings is 2. The Kier molecular flexibility index (Phi) is 12.7. The van der Waals surface area contributed by atoms with Crippen molar-refractivity contribution in [3.05, 3.63) is 70.8 Å². The Morgan fingerprint density at radius 1 is 0.529 bits per heavy atom. The number of carbonyl (C=O) groups is 6. The highest BCUT2D eigenvalue weighted by Crippen LogP contribution is 2.31. The molecule has 4 atom stereocenters. The largest absolute Gasteiger partial charge is 0.378 e. The van der Waals surface area contributed by atoms with E-state index in [0.717, 1.165) is 9.80 Å². The van der Waals surface area contributed by atoms with Crippen LogP contribution in [0.15, 0.2) is 48.5 Å². The van der Waals surface area contributed by atoms with Gasteiger partial charge in [0.05, 0.1) is 61.9 Å². The second kappa shape index (κ2) is 17.2. The number of nitrogens with zero attached hydrogens (tertiary/aromatic N) is 4. The van der Waals surface area contributed by atoms with E-state index < -0.39 is 35.7 Å². The van der Waals surface area contributed by atoms with Crippen LogP contribution < -0.4 is 0 Å². The number of rotatable bonds is 8. The lowest BCUT2D eigenvalue weighted by atomic mass is 9.96. The molecule has 0 aromatic heterocycles. The van der Waals surface area contributed by atoms with Gasteiger partial charge < -0.3 is 24.0 Å². The number of fused-ring (bicyclic) bond motifs is 2. The quantitative estimate of drug-likeness (QED) is 0.379. The van der Waals surface area contributed by atoms with Crippen molar-refractivity contribution >= 4 is 35.4 Å². The number of amides is 6. The molecule has 51 heavy (non-hydrogen) atoms. The first kappa shape index (κ1) is 37.8. The molecule has 0 N–H and O–H groups in total. The molecule has 13 heteroatoms. The summed E-state index contributed by atoms with van der Waals surface area (Å²) in [5.74, 6) is -3.32. The Labute approximate surface area is 298 Å². The third-order valence-corrected chi connectivity index (χ3v) is 10.1. The van der Waals surface area contributed by atoms with Crippen molar-refractivity contribution in [2.24, 2.45) is 11.8 Å². The highest BCUT2D eigenvalue weighted by molar-refractivity contribution is 6.23. The van der Waals surface area contributed by atoms with E-state index in [1.54, 1.807) is 58.3 Å². The van der Waals surface area contributed by atoms with E-state index >= 15 is 0 Å². The maximum absolute atomic E-state index is 14.2. The summed E-state index contributed by atoms with van der Waals surface area (Å²) in [5.41, 5.74) is 1.13. The first-order valence-electron chi connectivity index (χ1n) is 17.9. The van der Waals surface area contributed by atoms with Gasteiger partial charge in [-0.2, -0.15) is 0 Å². The molecule has 0 saturated carbocycles. The molecule has 2 aromatic carbocycles. The molecule has 6 amide bonds. The predicted molar refractivity (Wildman–Crippen MR) is 186 cm³/mol. The minimum Gasteiger partial charge on any atom is -0.378 e. The van der Waals surface area contributed by atoms with Crippen molar-refractivity contribution in [2.75, 3.05) is 65.8 Å². The monoisotopic (exact) mass is 704 g/mol. The lowest BCUT2D eigenvalue weighted by Gasteiger charge is -2.35. The van der Waals surface area contributed by atoms with Gasteiger partial charge in [-0.15, -0.1) is 0 Å². The third-order valence-electron chi connectivity index (χ3n) is 10.1. The zero-order valence-electron chi connectivity index (χ0n) is 29.9.